The van der Waals surface area contributed by atoms with Gasteiger partial charge in [-0.2, -0.15) is 18.2 Å². The molecule has 1 heterocycles. The van der Waals surface area contributed by atoms with Gasteiger partial charge in [-0.3, -0.25) is 0 Å². The van der Waals surface area contributed by atoms with E-state index in [1.165, 1.54) is 6.42 Å². The van der Waals surface area contributed by atoms with E-state index in [2.05, 4.69) is 25.3 Å². The number of hydrogen-bond donors (Lipinski definition) is 2. The lowest BCUT2D eigenvalue weighted by atomic mass is 9.96. The molecule has 0 aliphatic heterocycles. The molecule has 1 aromatic heterocycles. The monoisotopic (exact) mass is 368 g/mol. The number of benzene rings is 1. The lowest BCUT2D eigenvalue weighted by Crippen LogP contribution is -2.42. The maximum absolute atomic E-state index is 12.5. The van der Waals surface area contributed by atoms with E-state index in [4.69, 9.17) is 0 Å². The van der Waals surface area contributed by atoms with Crippen molar-refractivity contribution in [2.75, 3.05) is 0 Å². The second-order valence-corrected chi connectivity index (χ2v) is 6.28. The van der Waals surface area contributed by atoms with Gasteiger partial charge in [0.25, 0.3) is 0 Å². The molecule has 3 rings (SSSR count). The zero-order valence-electron chi connectivity index (χ0n) is 14.0. The molecule has 1 fully saturated rings. The lowest BCUT2D eigenvalue weighted by molar-refractivity contribution is -0.159. The Morgan fingerprint density at radius 3 is 2.46 bits per heavy atom. The zero-order valence-corrected chi connectivity index (χ0v) is 14.0. The van der Waals surface area contributed by atoms with Crippen molar-refractivity contribution in [2.24, 2.45) is 0 Å². The number of amides is 2. The Bertz CT molecular complexity index is 737. The topological polar surface area (TPSA) is 80.1 Å². The number of rotatable bonds is 4. The molecular weight excluding hydrogens is 349 g/mol. The van der Waals surface area contributed by atoms with Gasteiger partial charge in [-0.15, -0.1) is 0 Å². The van der Waals surface area contributed by atoms with Crippen LogP contribution in [0.3, 0.4) is 0 Å². The molecule has 26 heavy (non-hydrogen) atoms. The van der Waals surface area contributed by atoms with Gasteiger partial charge in [-0.05, 0) is 18.4 Å². The summed E-state index contributed by atoms with van der Waals surface area (Å²) in [5.74, 6) is -1.51. The van der Waals surface area contributed by atoms with Crippen LogP contribution in [0.2, 0.25) is 0 Å². The molecule has 1 aliphatic rings. The number of nitrogens with zero attached hydrogens (tertiary/aromatic N) is 2. The molecule has 9 heteroatoms. The van der Waals surface area contributed by atoms with Gasteiger partial charge in [-0.25, -0.2) is 4.79 Å². The van der Waals surface area contributed by atoms with Gasteiger partial charge in [0.2, 0.25) is 5.82 Å². The van der Waals surface area contributed by atoms with Crippen LogP contribution < -0.4 is 10.6 Å². The number of hydrogen-bond acceptors (Lipinski definition) is 4. The summed E-state index contributed by atoms with van der Waals surface area (Å²) in [6.45, 7) is 0.318. The van der Waals surface area contributed by atoms with E-state index in [1.807, 2.05) is 0 Å². The van der Waals surface area contributed by atoms with Crippen molar-refractivity contribution < 1.29 is 22.5 Å². The number of carbonyl (C=O) groups excluding carboxylic acids is 1. The molecule has 2 aromatic rings. The van der Waals surface area contributed by atoms with Gasteiger partial charge >= 0.3 is 18.1 Å². The second-order valence-electron chi connectivity index (χ2n) is 6.28. The molecule has 0 bridgehead atoms. The van der Waals surface area contributed by atoms with Crippen LogP contribution in [0.1, 0.15) is 43.6 Å². The third-order valence-corrected chi connectivity index (χ3v) is 4.27. The van der Waals surface area contributed by atoms with Gasteiger partial charge in [0, 0.05) is 18.2 Å². The van der Waals surface area contributed by atoms with Crippen LogP contribution in [0.15, 0.2) is 28.8 Å². The smallest absolute Gasteiger partial charge is 0.335 e. The van der Waals surface area contributed by atoms with E-state index < -0.39 is 12.1 Å². The Balaban J connectivity index is 1.52. The van der Waals surface area contributed by atoms with Gasteiger partial charge < -0.3 is 15.2 Å². The fourth-order valence-electron chi connectivity index (χ4n) is 2.89. The first-order valence-electron chi connectivity index (χ1n) is 8.46. The van der Waals surface area contributed by atoms with Crippen molar-refractivity contribution in [3.63, 3.8) is 0 Å². The highest BCUT2D eigenvalue weighted by molar-refractivity contribution is 5.74. The van der Waals surface area contributed by atoms with Gasteiger partial charge in [-0.1, -0.05) is 48.7 Å². The number of urea groups is 1. The van der Waals surface area contributed by atoms with Crippen LogP contribution in [0.4, 0.5) is 18.0 Å². The van der Waals surface area contributed by atoms with Gasteiger partial charge in [0.05, 0.1) is 0 Å². The molecule has 0 radical (unpaired) electrons. The molecule has 1 aromatic carbocycles. The SMILES string of the molecule is O=C(NCc1ccc(-c2noc(C(F)(F)F)n2)cc1)NC1CCCCC1. The highest BCUT2D eigenvalue weighted by Gasteiger charge is 2.38. The van der Waals surface area contributed by atoms with Gasteiger partial charge in [0.1, 0.15) is 0 Å². The number of nitrogens with one attached hydrogen (secondary N) is 2. The highest BCUT2D eigenvalue weighted by Crippen LogP contribution is 2.29. The summed E-state index contributed by atoms with van der Waals surface area (Å²) < 4.78 is 41.7. The third-order valence-electron chi connectivity index (χ3n) is 4.27. The standard InChI is InChI=1S/C17H19F3N4O2/c18-17(19,20)15-23-14(24-26-15)12-8-6-11(7-9-12)10-21-16(25)22-13-4-2-1-3-5-13/h6-9,13H,1-5,10H2,(H2,21,22,25). The van der Waals surface area contributed by atoms with Crippen LogP contribution >= 0.6 is 0 Å². The van der Waals surface area contributed by atoms with Crippen molar-refractivity contribution in [1.82, 2.24) is 20.8 Å². The van der Waals surface area contributed by atoms with Crippen LogP contribution in [0.5, 0.6) is 0 Å². The van der Waals surface area contributed by atoms with E-state index in [9.17, 15) is 18.0 Å². The van der Waals surface area contributed by atoms with Crippen molar-refractivity contribution >= 4 is 6.03 Å². The largest absolute Gasteiger partial charge is 0.471 e. The van der Waals surface area contributed by atoms with E-state index in [0.717, 1.165) is 31.2 Å². The first-order chi connectivity index (χ1) is 12.4. The Hall–Kier alpha value is -2.58. The van der Waals surface area contributed by atoms with E-state index in [0.29, 0.717) is 12.1 Å². The minimum Gasteiger partial charge on any atom is -0.335 e. The predicted molar refractivity (Wildman–Crippen MR) is 87.0 cm³/mol. The Kier molecular flexibility index (Phi) is 5.43. The molecule has 0 atom stereocenters. The Labute approximate surface area is 148 Å². The Morgan fingerprint density at radius 2 is 1.85 bits per heavy atom. The first-order valence-corrected chi connectivity index (χ1v) is 8.46. The zero-order chi connectivity index (χ0) is 18.6. The lowest BCUT2D eigenvalue weighted by Gasteiger charge is -2.22. The quantitative estimate of drug-likeness (QED) is 0.858. The molecule has 2 N–H and O–H groups in total. The fraction of sp³-hybridized carbons (Fsp3) is 0.471. The van der Waals surface area contributed by atoms with Gasteiger partial charge in [0.15, 0.2) is 0 Å². The Morgan fingerprint density at radius 1 is 1.15 bits per heavy atom. The minimum atomic E-state index is -4.67. The van der Waals surface area contributed by atoms with Crippen LogP contribution in [0.25, 0.3) is 11.4 Å². The number of aromatic nitrogens is 2. The molecule has 0 spiro atoms. The summed E-state index contributed by atoms with van der Waals surface area (Å²) in [6.07, 6.45) is 0.842. The predicted octanol–water partition coefficient (Wildman–Crippen LogP) is 3.89. The molecule has 140 valence electrons. The molecule has 0 saturated heterocycles. The minimum absolute atomic E-state index is 0.133. The molecule has 0 unspecified atom stereocenters. The number of carbonyl (C=O) groups is 1. The molecule has 1 aliphatic carbocycles. The van der Waals surface area contributed by atoms with Crippen molar-refractivity contribution in [3.05, 3.63) is 35.7 Å². The molecule has 1 saturated carbocycles. The van der Waals surface area contributed by atoms with Crippen LogP contribution in [-0.4, -0.2) is 22.2 Å². The maximum atomic E-state index is 12.5. The van der Waals surface area contributed by atoms with Crippen LogP contribution in [-0.2, 0) is 12.7 Å². The average molecular weight is 368 g/mol. The fourth-order valence-corrected chi connectivity index (χ4v) is 2.89. The third kappa shape index (κ3) is 4.74. The maximum Gasteiger partial charge on any atom is 0.471 e. The molecule has 2 amide bonds. The summed E-state index contributed by atoms with van der Waals surface area (Å²) >= 11 is 0. The molecule has 6 nitrogen and oxygen atoms in total. The van der Waals surface area contributed by atoms with E-state index in [1.54, 1.807) is 24.3 Å². The van der Waals surface area contributed by atoms with Crippen molar-refractivity contribution in [3.8, 4) is 11.4 Å². The number of alkyl halides is 3. The summed E-state index contributed by atoms with van der Waals surface area (Å²) in [5, 5.41) is 9.07. The number of halogens is 3. The normalized spacial score (nSPS) is 15.7. The molecular formula is C17H19F3N4O2. The average Bonchev–Trinajstić information content (AvgIpc) is 3.12. The first kappa shape index (κ1) is 18.2. The summed E-state index contributed by atoms with van der Waals surface area (Å²) in [4.78, 5) is 15.2. The summed E-state index contributed by atoms with van der Waals surface area (Å²) in [7, 11) is 0. The highest BCUT2D eigenvalue weighted by atomic mass is 19.4. The van der Waals surface area contributed by atoms with Crippen LogP contribution in [0, 0.1) is 0 Å². The van der Waals surface area contributed by atoms with E-state index >= 15 is 0 Å². The van der Waals surface area contributed by atoms with E-state index in [-0.39, 0.29) is 17.9 Å². The summed E-state index contributed by atoms with van der Waals surface area (Å²) in [6, 6.07) is 6.57. The second kappa shape index (κ2) is 7.76. The van der Waals surface area contributed by atoms with Crippen molar-refractivity contribution in [2.45, 2.75) is 50.9 Å². The van der Waals surface area contributed by atoms with Crippen molar-refractivity contribution in [1.29, 1.82) is 0 Å². The summed E-state index contributed by atoms with van der Waals surface area (Å²) in [5.41, 5.74) is 1.21.